The van der Waals surface area contributed by atoms with Gasteiger partial charge >= 0.3 is 0 Å². The average molecular weight is 304 g/mol. The van der Waals surface area contributed by atoms with Crippen molar-refractivity contribution < 1.29 is 13.6 Å². The van der Waals surface area contributed by atoms with Crippen molar-refractivity contribution in [3.8, 4) is 0 Å². The molecule has 3 nitrogen and oxygen atoms in total. The number of halogens is 2. The summed E-state index contributed by atoms with van der Waals surface area (Å²) in [5.41, 5.74) is 1.03. The van der Waals surface area contributed by atoms with E-state index >= 15 is 0 Å². The zero-order chi connectivity index (χ0) is 16.1. The first-order valence-corrected chi connectivity index (χ1v) is 6.93. The van der Waals surface area contributed by atoms with Gasteiger partial charge in [-0.1, -0.05) is 18.2 Å². The molecule has 0 aromatic heterocycles. The molecule has 0 aliphatic carbocycles. The number of rotatable bonds is 5. The summed E-state index contributed by atoms with van der Waals surface area (Å²) in [5.74, 6) is -1.13. The van der Waals surface area contributed by atoms with E-state index < -0.39 is 5.82 Å². The van der Waals surface area contributed by atoms with Crippen molar-refractivity contribution in [3.63, 3.8) is 0 Å². The van der Waals surface area contributed by atoms with Crippen LogP contribution >= 0.6 is 0 Å². The van der Waals surface area contributed by atoms with Crippen LogP contribution in [0.1, 0.15) is 22.0 Å². The fourth-order valence-electron chi connectivity index (χ4n) is 2.23. The monoisotopic (exact) mass is 304 g/mol. The van der Waals surface area contributed by atoms with Crippen LogP contribution in [0.4, 0.5) is 8.78 Å². The van der Waals surface area contributed by atoms with E-state index in [-0.39, 0.29) is 23.3 Å². The number of nitrogens with zero attached hydrogens (tertiary/aromatic N) is 1. The normalized spacial score (nSPS) is 12.2. The van der Waals surface area contributed by atoms with E-state index in [1.807, 2.05) is 25.1 Å². The van der Waals surface area contributed by atoms with E-state index in [4.69, 9.17) is 0 Å². The molecule has 116 valence electrons. The van der Waals surface area contributed by atoms with Gasteiger partial charge in [0.25, 0.3) is 5.91 Å². The molecule has 2 aromatic carbocycles. The predicted octanol–water partition coefficient (Wildman–Crippen LogP) is 3.00. The van der Waals surface area contributed by atoms with Gasteiger partial charge in [0.2, 0.25) is 0 Å². The topological polar surface area (TPSA) is 32.3 Å². The summed E-state index contributed by atoms with van der Waals surface area (Å²) in [7, 11) is 3.70. The van der Waals surface area contributed by atoms with Gasteiger partial charge in [0, 0.05) is 12.1 Å². The summed E-state index contributed by atoms with van der Waals surface area (Å²) in [6.45, 7) is 0.297. The minimum Gasteiger partial charge on any atom is -0.350 e. The molecule has 0 bridgehead atoms. The Bertz CT molecular complexity index is 659. The molecule has 0 spiro atoms. The first-order chi connectivity index (χ1) is 10.5. The molecular weight excluding hydrogens is 286 g/mol. The summed E-state index contributed by atoms with van der Waals surface area (Å²) < 4.78 is 26.5. The molecule has 0 saturated carbocycles. The van der Waals surface area contributed by atoms with E-state index in [0.29, 0.717) is 6.54 Å². The third kappa shape index (κ3) is 4.11. The number of hydrogen-bond donors (Lipinski definition) is 1. The van der Waals surface area contributed by atoms with Crippen molar-refractivity contribution in [3.05, 3.63) is 71.3 Å². The Morgan fingerprint density at radius 2 is 1.73 bits per heavy atom. The van der Waals surface area contributed by atoms with Gasteiger partial charge in [-0.2, -0.15) is 0 Å². The second-order valence-electron chi connectivity index (χ2n) is 5.25. The summed E-state index contributed by atoms with van der Waals surface area (Å²) >= 11 is 0. The Kier molecular flexibility index (Phi) is 5.22. The summed E-state index contributed by atoms with van der Waals surface area (Å²) in [6, 6.07) is 11.6. The Hall–Kier alpha value is -2.27. The number of carbonyl (C=O) groups is 1. The third-order valence-corrected chi connectivity index (χ3v) is 3.40. The Labute approximate surface area is 128 Å². The number of carbonyl (C=O) groups excluding carboxylic acids is 1. The maximum absolute atomic E-state index is 13.4. The standard InChI is InChI=1S/C17H18F2N2O/c1-21(2)16(12-5-3-7-14(18)9-12)11-20-17(22)13-6-4-8-15(19)10-13/h3-10,16H,11H2,1-2H3,(H,20,22). The van der Waals surface area contributed by atoms with Crippen LogP contribution in [0.15, 0.2) is 48.5 Å². The Morgan fingerprint density at radius 1 is 1.09 bits per heavy atom. The fraction of sp³-hybridized carbons (Fsp3) is 0.235. The molecule has 1 amide bonds. The van der Waals surface area contributed by atoms with Crippen molar-refractivity contribution in [1.29, 1.82) is 0 Å². The fourth-order valence-corrected chi connectivity index (χ4v) is 2.23. The van der Waals surface area contributed by atoms with Crippen molar-refractivity contribution >= 4 is 5.91 Å². The molecule has 22 heavy (non-hydrogen) atoms. The molecule has 0 aliphatic rings. The molecule has 0 fully saturated rings. The zero-order valence-electron chi connectivity index (χ0n) is 12.5. The maximum Gasteiger partial charge on any atom is 0.251 e. The Morgan fingerprint density at radius 3 is 2.32 bits per heavy atom. The van der Waals surface area contributed by atoms with Gasteiger partial charge < -0.3 is 10.2 Å². The van der Waals surface area contributed by atoms with Gasteiger partial charge in [-0.25, -0.2) is 8.78 Å². The van der Waals surface area contributed by atoms with Crippen LogP contribution in [0, 0.1) is 11.6 Å². The largest absolute Gasteiger partial charge is 0.350 e. The molecule has 0 aliphatic heterocycles. The van der Waals surface area contributed by atoms with Crippen LogP contribution in [0.3, 0.4) is 0 Å². The summed E-state index contributed by atoms with van der Waals surface area (Å²) in [5, 5.41) is 2.76. The highest BCUT2D eigenvalue weighted by molar-refractivity contribution is 5.94. The minimum absolute atomic E-state index is 0.173. The molecule has 0 heterocycles. The molecule has 1 N–H and O–H groups in total. The highest BCUT2D eigenvalue weighted by Gasteiger charge is 2.16. The van der Waals surface area contributed by atoms with Crippen LogP contribution in [-0.2, 0) is 0 Å². The lowest BCUT2D eigenvalue weighted by Gasteiger charge is -2.25. The lowest BCUT2D eigenvalue weighted by Crippen LogP contribution is -2.34. The van der Waals surface area contributed by atoms with Gasteiger partial charge in [0.15, 0.2) is 0 Å². The van der Waals surface area contributed by atoms with Gasteiger partial charge in [-0.3, -0.25) is 4.79 Å². The molecule has 0 saturated heterocycles. The first kappa shape index (κ1) is 16.1. The quantitative estimate of drug-likeness (QED) is 0.921. The van der Waals surface area contributed by atoms with Gasteiger partial charge in [-0.05, 0) is 50.0 Å². The molecule has 2 rings (SSSR count). The zero-order valence-corrected chi connectivity index (χ0v) is 12.5. The second-order valence-corrected chi connectivity index (χ2v) is 5.25. The van der Waals surface area contributed by atoms with E-state index in [2.05, 4.69) is 5.32 Å². The van der Waals surface area contributed by atoms with E-state index in [1.165, 1.54) is 30.3 Å². The van der Waals surface area contributed by atoms with Gasteiger partial charge in [0.1, 0.15) is 11.6 Å². The summed E-state index contributed by atoms with van der Waals surface area (Å²) in [4.78, 5) is 13.9. The van der Waals surface area contributed by atoms with Crippen molar-refractivity contribution in [2.75, 3.05) is 20.6 Å². The van der Waals surface area contributed by atoms with Crippen LogP contribution in [0.2, 0.25) is 0 Å². The van der Waals surface area contributed by atoms with E-state index in [9.17, 15) is 13.6 Å². The number of amides is 1. The SMILES string of the molecule is CN(C)C(CNC(=O)c1cccc(F)c1)c1cccc(F)c1. The lowest BCUT2D eigenvalue weighted by molar-refractivity contribution is 0.0941. The maximum atomic E-state index is 13.4. The highest BCUT2D eigenvalue weighted by Crippen LogP contribution is 2.18. The molecule has 2 aromatic rings. The molecule has 5 heteroatoms. The minimum atomic E-state index is -0.457. The van der Waals surface area contributed by atoms with E-state index in [1.54, 1.807) is 12.1 Å². The summed E-state index contributed by atoms with van der Waals surface area (Å²) in [6.07, 6.45) is 0. The van der Waals surface area contributed by atoms with Crippen molar-refractivity contribution in [1.82, 2.24) is 10.2 Å². The Balaban J connectivity index is 2.08. The van der Waals surface area contributed by atoms with Crippen molar-refractivity contribution in [2.24, 2.45) is 0 Å². The van der Waals surface area contributed by atoms with Crippen molar-refractivity contribution in [2.45, 2.75) is 6.04 Å². The predicted molar refractivity (Wildman–Crippen MR) is 81.6 cm³/mol. The molecule has 1 atom stereocenters. The molecular formula is C17H18F2N2O. The van der Waals surface area contributed by atoms with Crippen LogP contribution in [0.25, 0.3) is 0 Å². The third-order valence-electron chi connectivity index (χ3n) is 3.40. The van der Waals surface area contributed by atoms with Crippen LogP contribution in [-0.4, -0.2) is 31.4 Å². The highest BCUT2D eigenvalue weighted by atomic mass is 19.1. The molecule has 0 radical (unpaired) electrons. The van der Waals surface area contributed by atoms with Gasteiger partial charge in [-0.15, -0.1) is 0 Å². The number of likely N-dealkylation sites (N-methyl/N-ethyl adjacent to an activating group) is 1. The van der Waals surface area contributed by atoms with Crippen LogP contribution < -0.4 is 5.32 Å². The smallest absolute Gasteiger partial charge is 0.251 e. The lowest BCUT2D eigenvalue weighted by atomic mass is 10.1. The number of nitrogens with one attached hydrogen (secondary N) is 1. The number of hydrogen-bond acceptors (Lipinski definition) is 2. The first-order valence-electron chi connectivity index (χ1n) is 6.93. The molecule has 1 unspecified atom stereocenters. The number of benzene rings is 2. The second kappa shape index (κ2) is 7.13. The van der Waals surface area contributed by atoms with Gasteiger partial charge in [0.05, 0.1) is 6.04 Å². The van der Waals surface area contributed by atoms with E-state index in [0.717, 1.165) is 5.56 Å². The van der Waals surface area contributed by atoms with Crippen LogP contribution in [0.5, 0.6) is 0 Å². The average Bonchev–Trinajstić information content (AvgIpc) is 2.47.